The van der Waals surface area contributed by atoms with E-state index in [-0.39, 0.29) is 43.9 Å². The van der Waals surface area contributed by atoms with Crippen LogP contribution < -0.4 is 19.5 Å². The van der Waals surface area contributed by atoms with E-state index < -0.39 is 24.0 Å². The molecule has 12 heteroatoms. The number of carbonyl (C=O) groups excluding carboxylic acids is 2. The molecule has 2 amide bonds. The van der Waals surface area contributed by atoms with Crippen LogP contribution in [0.1, 0.15) is 65.2 Å². The molecule has 1 saturated carbocycles. The molecule has 2 aliphatic heterocycles. The van der Waals surface area contributed by atoms with E-state index in [0.29, 0.717) is 39.5 Å². The van der Waals surface area contributed by atoms with Crippen LogP contribution in [0, 0.1) is 17.2 Å². The Kier molecular flexibility index (Phi) is 11.8. The summed E-state index contributed by atoms with van der Waals surface area (Å²) >= 11 is 12.2. The quantitative estimate of drug-likeness (QED) is 0.135. The van der Waals surface area contributed by atoms with Gasteiger partial charge in [0.25, 0.3) is 0 Å². The number of ether oxygens (including phenoxy) is 3. The van der Waals surface area contributed by atoms with Gasteiger partial charge in [-0.1, -0.05) is 90.6 Å². The van der Waals surface area contributed by atoms with Gasteiger partial charge in [-0.05, 0) is 100 Å². The molecule has 1 unspecified atom stereocenters. The number of amides is 2. The van der Waals surface area contributed by atoms with Crippen molar-refractivity contribution in [3.05, 3.63) is 147 Å². The molecule has 2 heterocycles. The lowest BCUT2D eigenvalue weighted by molar-refractivity contribution is -0.147. The molecule has 8 rings (SSSR count). The number of aliphatic carboxylic acids is 1. The molecular weight excluding hydrogens is 789 g/mol. The summed E-state index contributed by atoms with van der Waals surface area (Å²) in [4.78, 5) is 42.3. The molecule has 3 atom stereocenters. The second kappa shape index (κ2) is 17.5. The monoisotopic (exact) mass is 829 g/mol. The smallest absolute Gasteiger partial charge is 0.326 e. The summed E-state index contributed by atoms with van der Waals surface area (Å²) in [6.07, 6.45) is 3.30. The topological polar surface area (TPSA) is 138 Å². The maximum Gasteiger partial charge on any atom is 0.326 e. The highest BCUT2D eigenvalue weighted by Crippen LogP contribution is 2.42. The van der Waals surface area contributed by atoms with Gasteiger partial charge in [-0.2, -0.15) is 5.26 Å². The molecule has 5 aromatic carbocycles. The minimum Gasteiger partial charge on any atom is -0.489 e. The van der Waals surface area contributed by atoms with Gasteiger partial charge in [0.2, 0.25) is 11.8 Å². The Balaban J connectivity index is 0.957. The lowest BCUT2D eigenvalue weighted by atomic mass is 9.90. The van der Waals surface area contributed by atoms with Crippen LogP contribution in [0.15, 0.2) is 103 Å². The minimum absolute atomic E-state index is 0.0585. The third-order valence-electron chi connectivity index (χ3n) is 11.3. The normalized spacial score (nSPS) is 17.7. The van der Waals surface area contributed by atoms with E-state index >= 15 is 0 Å². The van der Waals surface area contributed by atoms with E-state index in [4.69, 9.17) is 42.7 Å². The van der Waals surface area contributed by atoms with Gasteiger partial charge in [0.1, 0.15) is 31.0 Å². The molecule has 59 heavy (non-hydrogen) atoms. The van der Waals surface area contributed by atoms with Gasteiger partial charge in [0.15, 0.2) is 17.6 Å². The van der Waals surface area contributed by atoms with Crippen LogP contribution in [0.2, 0.25) is 10.0 Å². The average molecular weight is 831 g/mol. The van der Waals surface area contributed by atoms with E-state index in [9.17, 15) is 19.5 Å². The molecule has 0 aromatic heterocycles. The Morgan fingerprint density at radius 2 is 1.53 bits per heavy atom. The first kappa shape index (κ1) is 39.8. The molecule has 0 spiro atoms. The predicted octanol–water partition coefficient (Wildman–Crippen LogP) is 8.88. The lowest BCUT2D eigenvalue weighted by Gasteiger charge is -2.39. The highest BCUT2D eigenvalue weighted by atomic mass is 35.5. The van der Waals surface area contributed by atoms with E-state index in [2.05, 4.69) is 11.4 Å². The zero-order valence-corrected chi connectivity index (χ0v) is 33.5. The number of carboxylic acids is 1. The lowest BCUT2D eigenvalue weighted by Crippen LogP contribution is -2.56. The van der Waals surface area contributed by atoms with Crippen LogP contribution in [-0.2, 0) is 40.4 Å². The van der Waals surface area contributed by atoms with Gasteiger partial charge in [-0.15, -0.1) is 0 Å². The van der Waals surface area contributed by atoms with Crippen LogP contribution in [0.5, 0.6) is 17.2 Å². The van der Waals surface area contributed by atoms with Gasteiger partial charge in [0, 0.05) is 25.3 Å². The van der Waals surface area contributed by atoms with Crippen LogP contribution in [0.3, 0.4) is 0 Å². The van der Waals surface area contributed by atoms with E-state index in [1.165, 1.54) is 0 Å². The van der Waals surface area contributed by atoms with E-state index in [0.717, 1.165) is 64.6 Å². The summed E-state index contributed by atoms with van der Waals surface area (Å²) in [5, 5.41) is 23.1. The number of hydrogen-bond donors (Lipinski definition) is 2. The number of halogens is 2. The second-order valence-electron chi connectivity index (χ2n) is 15.2. The minimum atomic E-state index is -1.21. The summed E-state index contributed by atoms with van der Waals surface area (Å²) in [6, 6.07) is 31.4. The number of fused-ring (bicyclic) bond motifs is 2. The van der Waals surface area contributed by atoms with Gasteiger partial charge < -0.3 is 29.5 Å². The van der Waals surface area contributed by atoms with E-state index in [1.807, 2.05) is 78.9 Å². The van der Waals surface area contributed by atoms with Crippen molar-refractivity contribution < 1.29 is 33.7 Å². The fourth-order valence-corrected chi connectivity index (χ4v) is 8.36. The average Bonchev–Trinajstić information content (AvgIpc) is 3.81. The van der Waals surface area contributed by atoms with Gasteiger partial charge in [0.05, 0.1) is 21.7 Å². The molecule has 10 nitrogen and oxygen atoms in total. The van der Waals surface area contributed by atoms with Crippen molar-refractivity contribution in [2.75, 3.05) is 6.61 Å². The Bertz CT molecular complexity index is 2410. The standard InChI is InChI=1S/C47H41Cl2N3O7/c48-38-18-9-30(19-39(38)49)26-57-37-16-14-33(15-17-37)44-27-58-42-22-35-21-41(52(25-36(35)23-43(42)59-44)46(54)34-3-1-2-4-34)45(53)51-40(47(55)56)20-28-5-10-31(11-6-28)32-12-7-29(24-50)8-13-32/h5-19,22-23,34,40-41,44H,1-4,20-21,25-27H2,(H,51,53)(H,55,56)/t40-,41?,44+/m0/s1. The first-order valence-corrected chi connectivity index (χ1v) is 20.4. The van der Waals surface area contributed by atoms with Crippen molar-refractivity contribution >= 4 is 41.0 Å². The molecule has 0 saturated heterocycles. The fourth-order valence-electron chi connectivity index (χ4n) is 8.04. The number of carboxylic acid groups (broad SMARTS) is 1. The van der Waals surface area contributed by atoms with Crippen LogP contribution in [0.25, 0.3) is 11.1 Å². The Morgan fingerprint density at radius 1 is 0.847 bits per heavy atom. The number of benzene rings is 5. The summed E-state index contributed by atoms with van der Waals surface area (Å²) in [5.74, 6) is -0.179. The van der Waals surface area contributed by atoms with Crippen molar-refractivity contribution in [1.82, 2.24) is 10.2 Å². The zero-order valence-electron chi connectivity index (χ0n) is 32.0. The number of carbonyl (C=O) groups is 3. The maximum atomic E-state index is 14.1. The van der Waals surface area contributed by atoms with Gasteiger partial charge in [-0.3, -0.25) is 9.59 Å². The number of nitriles is 1. The van der Waals surface area contributed by atoms with Crippen molar-refractivity contribution in [2.45, 2.75) is 69.9 Å². The molecule has 5 aromatic rings. The van der Waals surface area contributed by atoms with Crippen LogP contribution in [-0.4, -0.2) is 46.5 Å². The largest absolute Gasteiger partial charge is 0.489 e. The molecule has 1 aliphatic carbocycles. The molecule has 1 fully saturated rings. The molecular formula is C47H41Cl2N3O7. The van der Waals surface area contributed by atoms with Crippen molar-refractivity contribution in [2.24, 2.45) is 5.92 Å². The molecule has 2 N–H and O–H groups in total. The first-order chi connectivity index (χ1) is 28.6. The molecule has 300 valence electrons. The van der Waals surface area contributed by atoms with Gasteiger partial charge in [-0.25, -0.2) is 4.79 Å². The number of rotatable bonds is 11. The number of nitrogens with one attached hydrogen (secondary N) is 1. The number of hydrogen-bond acceptors (Lipinski definition) is 7. The summed E-state index contributed by atoms with van der Waals surface area (Å²) in [6.45, 7) is 0.779. The summed E-state index contributed by atoms with van der Waals surface area (Å²) in [5.41, 5.74) is 6.63. The summed E-state index contributed by atoms with van der Waals surface area (Å²) in [7, 11) is 0. The highest BCUT2D eigenvalue weighted by Gasteiger charge is 2.40. The zero-order chi connectivity index (χ0) is 41.0. The molecule has 0 bridgehead atoms. The van der Waals surface area contributed by atoms with Crippen molar-refractivity contribution in [3.63, 3.8) is 0 Å². The van der Waals surface area contributed by atoms with E-state index in [1.54, 1.807) is 29.2 Å². The Morgan fingerprint density at radius 3 is 2.20 bits per heavy atom. The number of nitrogens with zero attached hydrogens (tertiary/aromatic N) is 2. The maximum absolute atomic E-state index is 14.1. The third-order valence-corrected chi connectivity index (χ3v) is 12.1. The SMILES string of the molecule is N#Cc1ccc(-c2ccc(C[C@H](NC(=O)C3Cc4cc5c(cc4CN3C(=O)C3CCCC3)O[C@@H](c3ccc(OCc4ccc(Cl)c(Cl)c4)cc3)CO5)C(=O)O)cc2)cc1. The predicted molar refractivity (Wildman–Crippen MR) is 222 cm³/mol. The molecule has 3 aliphatic rings. The summed E-state index contributed by atoms with van der Waals surface area (Å²) < 4.78 is 18.6. The Hall–Kier alpha value is -6.02. The first-order valence-electron chi connectivity index (χ1n) is 19.7. The highest BCUT2D eigenvalue weighted by molar-refractivity contribution is 6.42. The molecule has 0 radical (unpaired) electrons. The van der Waals surface area contributed by atoms with Gasteiger partial charge >= 0.3 is 5.97 Å². The fraction of sp³-hybridized carbons (Fsp3) is 0.277. The Labute approximate surface area is 352 Å². The second-order valence-corrected chi connectivity index (χ2v) is 16.1. The van der Waals surface area contributed by atoms with Crippen LogP contribution in [0.4, 0.5) is 0 Å². The van der Waals surface area contributed by atoms with Crippen molar-refractivity contribution in [3.8, 4) is 34.4 Å². The van der Waals surface area contributed by atoms with Crippen molar-refractivity contribution in [1.29, 1.82) is 5.26 Å². The third kappa shape index (κ3) is 9.02. The van der Waals surface area contributed by atoms with Crippen LogP contribution >= 0.6 is 23.2 Å².